The fraction of sp³-hybridized carbons (Fsp3) is 0.381. The number of nitrogens with one attached hydrogen (secondary N) is 1. The second-order valence-corrected chi connectivity index (χ2v) is 9.45. The van der Waals surface area contributed by atoms with E-state index in [-0.39, 0.29) is 5.91 Å². The van der Waals surface area contributed by atoms with Gasteiger partial charge in [-0.1, -0.05) is 50.6 Å². The largest absolute Gasteiger partial charge is 0.324 e. The van der Waals surface area contributed by atoms with Crippen molar-refractivity contribution in [3.8, 4) is 0 Å². The highest BCUT2D eigenvalue weighted by Gasteiger charge is 2.31. The van der Waals surface area contributed by atoms with Crippen molar-refractivity contribution in [2.24, 2.45) is 0 Å². The minimum Gasteiger partial charge on any atom is -0.324 e. The molecule has 0 saturated heterocycles. The smallest absolute Gasteiger partial charge is 0.248 e. The highest BCUT2D eigenvalue weighted by Crippen LogP contribution is 2.28. The molecule has 0 radical (unpaired) electrons. The Kier molecular flexibility index (Phi) is 7.12. The van der Waals surface area contributed by atoms with E-state index in [1.54, 1.807) is 25.1 Å². The molecule has 5 nitrogen and oxygen atoms in total. The van der Waals surface area contributed by atoms with Crippen LogP contribution in [0.1, 0.15) is 44.2 Å². The predicted octanol–water partition coefficient (Wildman–Crippen LogP) is 4.96. The van der Waals surface area contributed by atoms with E-state index >= 15 is 0 Å². The lowest BCUT2D eigenvalue weighted by atomic mass is 10.0. The number of carbonyl (C=O) groups excluding carboxylic acids is 1. The van der Waals surface area contributed by atoms with Gasteiger partial charge in [-0.15, -0.1) is 0 Å². The minimum atomic E-state index is -3.70. The van der Waals surface area contributed by atoms with Crippen LogP contribution in [0, 0.1) is 6.92 Å². The van der Waals surface area contributed by atoms with Crippen molar-refractivity contribution in [2.75, 3.05) is 15.9 Å². The molecular formula is C21H27ClN2O3S. The van der Waals surface area contributed by atoms with E-state index < -0.39 is 16.1 Å². The van der Waals surface area contributed by atoms with E-state index in [0.717, 1.165) is 21.7 Å². The minimum absolute atomic E-state index is 0.314. The maximum Gasteiger partial charge on any atom is 0.248 e. The number of nitrogens with zero attached hydrogens (tertiary/aromatic N) is 1. The van der Waals surface area contributed by atoms with Crippen molar-refractivity contribution in [1.29, 1.82) is 0 Å². The summed E-state index contributed by atoms with van der Waals surface area (Å²) in [6.07, 6.45) is 1.41. The molecule has 0 saturated carbocycles. The number of hydrogen-bond donors (Lipinski definition) is 1. The van der Waals surface area contributed by atoms with Crippen molar-refractivity contribution < 1.29 is 13.2 Å². The first-order chi connectivity index (χ1) is 13.0. The van der Waals surface area contributed by atoms with Crippen LogP contribution >= 0.6 is 11.6 Å². The summed E-state index contributed by atoms with van der Waals surface area (Å²) >= 11 is 6.18. The zero-order valence-corrected chi connectivity index (χ0v) is 18.4. The fourth-order valence-electron chi connectivity index (χ4n) is 2.96. The number of hydrogen-bond acceptors (Lipinski definition) is 3. The molecule has 1 amide bonds. The molecule has 0 aliphatic heterocycles. The average molecular weight is 423 g/mol. The highest BCUT2D eigenvalue weighted by molar-refractivity contribution is 7.92. The number of sulfonamides is 1. The molecular weight excluding hydrogens is 396 g/mol. The third-order valence-corrected chi connectivity index (χ3v) is 6.17. The van der Waals surface area contributed by atoms with Gasteiger partial charge in [-0.05, 0) is 54.7 Å². The molecule has 0 aliphatic carbocycles. The number of benzene rings is 2. The standard InChI is InChI=1S/C21H27ClN2O3S/c1-6-20(21(25)23-17-10-8-16(9-11-17)14(2)3)24(28(5,26)27)18-12-7-15(4)19(22)13-18/h7-14,20H,6H2,1-5H3,(H,23,25)/t20-/m1/s1. The van der Waals surface area contributed by atoms with Gasteiger partial charge in [-0.25, -0.2) is 8.42 Å². The summed E-state index contributed by atoms with van der Waals surface area (Å²) in [6, 6.07) is 11.6. The molecule has 1 atom stereocenters. The summed E-state index contributed by atoms with van der Waals surface area (Å²) in [6.45, 7) is 7.80. The molecule has 28 heavy (non-hydrogen) atoms. The summed E-state index contributed by atoms with van der Waals surface area (Å²) in [5.41, 5.74) is 3.00. The number of rotatable bonds is 7. The van der Waals surface area contributed by atoms with Crippen LogP contribution in [0.3, 0.4) is 0 Å². The van der Waals surface area contributed by atoms with Crippen LogP contribution in [0.25, 0.3) is 0 Å². The van der Waals surface area contributed by atoms with Crippen molar-refractivity contribution >= 4 is 38.9 Å². The quantitative estimate of drug-likeness (QED) is 0.686. The Balaban J connectivity index is 2.34. The number of aryl methyl sites for hydroxylation is 1. The van der Waals surface area contributed by atoms with E-state index in [2.05, 4.69) is 19.2 Å². The highest BCUT2D eigenvalue weighted by atomic mass is 35.5. The first kappa shape index (κ1) is 22.2. The van der Waals surface area contributed by atoms with Crippen molar-refractivity contribution in [1.82, 2.24) is 0 Å². The van der Waals surface area contributed by atoms with Crippen LogP contribution in [0.2, 0.25) is 5.02 Å². The molecule has 0 unspecified atom stereocenters. The summed E-state index contributed by atoms with van der Waals surface area (Å²) in [5.74, 6) is 0.00192. The predicted molar refractivity (Wildman–Crippen MR) is 117 cm³/mol. The summed E-state index contributed by atoms with van der Waals surface area (Å²) in [5, 5.41) is 3.28. The van der Waals surface area contributed by atoms with Gasteiger partial charge in [0.15, 0.2) is 0 Å². The molecule has 0 heterocycles. The van der Waals surface area contributed by atoms with Crippen molar-refractivity contribution in [2.45, 2.75) is 46.1 Å². The van der Waals surface area contributed by atoms with E-state index in [1.165, 1.54) is 0 Å². The van der Waals surface area contributed by atoms with Gasteiger partial charge in [0.1, 0.15) is 6.04 Å². The molecule has 0 fully saturated rings. The Hall–Kier alpha value is -2.05. The molecule has 2 aromatic carbocycles. The molecule has 152 valence electrons. The topological polar surface area (TPSA) is 66.5 Å². The van der Waals surface area contributed by atoms with Gasteiger partial charge < -0.3 is 5.32 Å². The van der Waals surface area contributed by atoms with Gasteiger partial charge >= 0.3 is 0 Å². The van der Waals surface area contributed by atoms with Gasteiger partial charge in [0, 0.05) is 10.7 Å². The van der Waals surface area contributed by atoms with E-state index in [4.69, 9.17) is 11.6 Å². The zero-order chi connectivity index (χ0) is 21.1. The van der Waals surface area contributed by atoms with Gasteiger partial charge in [-0.2, -0.15) is 0 Å². The SMILES string of the molecule is CC[C@H](C(=O)Nc1ccc(C(C)C)cc1)N(c1ccc(C)c(Cl)c1)S(C)(=O)=O. The number of halogens is 1. The maximum absolute atomic E-state index is 12.9. The summed E-state index contributed by atoms with van der Waals surface area (Å²) < 4.78 is 26.2. The van der Waals surface area contributed by atoms with Crippen LogP contribution in [-0.4, -0.2) is 26.6 Å². The van der Waals surface area contributed by atoms with E-state index in [1.807, 2.05) is 31.2 Å². The summed E-state index contributed by atoms with van der Waals surface area (Å²) in [4.78, 5) is 12.9. The fourth-order valence-corrected chi connectivity index (χ4v) is 4.33. The Morgan fingerprint density at radius 3 is 2.21 bits per heavy atom. The molecule has 2 aromatic rings. The molecule has 0 aliphatic rings. The normalized spacial score (nSPS) is 12.7. The number of amides is 1. The Morgan fingerprint density at radius 2 is 1.75 bits per heavy atom. The lowest BCUT2D eigenvalue weighted by Crippen LogP contribution is -2.47. The monoisotopic (exact) mass is 422 g/mol. The van der Waals surface area contributed by atoms with Gasteiger partial charge in [0.25, 0.3) is 0 Å². The van der Waals surface area contributed by atoms with Crippen LogP contribution in [0.15, 0.2) is 42.5 Å². The van der Waals surface area contributed by atoms with Crippen molar-refractivity contribution in [3.05, 3.63) is 58.6 Å². The van der Waals surface area contributed by atoms with Crippen molar-refractivity contribution in [3.63, 3.8) is 0 Å². The van der Waals surface area contributed by atoms with E-state index in [9.17, 15) is 13.2 Å². The van der Waals surface area contributed by atoms with Gasteiger partial charge in [0.05, 0.1) is 11.9 Å². The van der Waals surface area contributed by atoms with Gasteiger partial charge in [0.2, 0.25) is 15.9 Å². The second-order valence-electron chi connectivity index (χ2n) is 7.18. The van der Waals surface area contributed by atoms with Crippen LogP contribution in [0.4, 0.5) is 11.4 Å². The zero-order valence-electron chi connectivity index (χ0n) is 16.9. The first-order valence-electron chi connectivity index (χ1n) is 9.21. The van der Waals surface area contributed by atoms with Crippen LogP contribution in [-0.2, 0) is 14.8 Å². The molecule has 1 N–H and O–H groups in total. The second kappa shape index (κ2) is 8.97. The molecule has 0 spiro atoms. The molecule has 0 bridgehead atoms. The lowest BCUT2D eigenvalue weighted by Gasteiger charge is -2.30. The molecule has 7 heteroatoms. The molecule has 2 rings (SSSR count). The number of carbonyl (C=O) groups is 1. The summed E-state index contributed by atoms with van der Waals surface area (Å²) in [7, 11) is -3.70. The van der Waals surface area contributed by atoms with Crippen LogP contribution < -0.4 is 9.62 Å². The number of anilines is 2. The maximum atomic E-state index is 12.9. The third-order valence-electron chi connectivity index (χ3n) is 4.58. The van der Waals surface area contributed by atoms with Gasteiger partial charge in [-0.3, -0.25) is 9.10 Å². The Morgan fingerprint density at radius 1 is 1.14 bits per heavy atom. The lowest BCUT2D eigenvalue weighted by molar-refractivity contribution is -0.117. The Bertz CT molecular complexity index is 941. The Labute approximate surface area is 172 Å². The third kappa shape index (κ3) is 5.26. The average Bonchev–Trinajstić information content (AvgIpc) is 2.61. The molecule has 0 aromatic heterocycles. The first-order valence-corrected chi connectivity index (χ1v) is 11.4. The van der Waals surface area contributed by atoms with E-state index in [0.29, 0.717) is 28.7 Å². The van der Waals surface area contributed by atoms with Crippen LogP contribution in [0.5, 0.6) is 0 Å².